The van der Waals surface area contributed by atoms with E-state index in [1.165, 1.54) is 0 Å². The maximum absolute atomic E-state index is 12.6. The maximum atomic E-state index is 12.6. The van der Waals surface area contributed by atoms with Crippen molar-refractivity contribution in [2.24, 2.45) is 0 Å². The molecule has 1 saturated carbocycles. The summed E-state index contributed by atoms with van der Waals surface area (Å²) in [5, 5.41) is 6.76. The Bertz CT molecular complexity index is 1170. The number of para-hydroxylation sites is 1. The predicted octanol–water partition coefficient (Wildman–Crippen LogP) is 4.36. The molecule has 0 atom stereocenters. The van der Waals surface area contributed by atoms with Gasteiger partial charge >= 0.3 is 5.97 Å². The fourth-order valence-corrected chi connectivity index (χ4v) is 3.91. The summed E-state index contributed by atoms with van der Waals surface area (Å²) in [7, 11) is 0. The lowest BCUT2D eigenvalue weighted by atomic mass is 10.1. The number of halogens is 1. The first-order valence-electron chi connectivity index (χ1n) is 10.4. The molecule has 2 N–H and O–H groups in total. The van der Waals surface area contributed by atoms with Crippen molar-refractivity contribution < 1.29 is 19.1 Å². The molecule has 0 radical (unpaired) electrons. The Morgan fingerprint density at radius 1 is 1.03 bits per heavy atom. The van der Waals surface area contributed by atoms with Gasteiger partial charge in [0.1, 0.15) is 5.15 Å². The van der Waals surface area contributed by atoms with Gasteiger partial charge in [-0.3, -0.25) is 9.59 Å². The maximum Gasteiger partial charge on any atom is 0.338 e. The highest BCUT2D eigenvalue weighted by molar-refractivity contribution is 6.29. The summed E-state index contributed by atoms with van der Waals surface area (Å²) in [5.41, 5.74) is 1.70. The summed E-state index contributed by atoms with van der Waals surface area (Å²) in [6.45, 7) is -0.478. The molecule has 1 aliphatic rings. The van der Waals surface area contributed by atoms with Crippen LogP contribution < -0.4 is 10.6 Å². The molecule has 0 aliphatic heterocycles. The van der Waals surface area contributed by atoms with Crippen LogP contribution in [0.1, 0.15) is 46.4 Å². The number of fused-ring (bicyclic) bond motifs is 1. The number of benzene rings is 2. The molecule has 4 rings (SSSR count). The van der Waals surface area contributed by atoms with E-state index >= 15 is 0 Å². The molecule has 0 unspecified atom stereocenters. The van der Waals surface area contributed by atoms with E-state index in [0.29, 0.717) is 27.5 Å². The Morgan fingerprint density at radius 3 is 2.62 bits per heavy atom. The zero-order valence-corrected chi connectivity index (χ0v) is 18.0. The van der Waals surface area contributed by atoms with Gasteiger partial charge in [-0.25, -0.2) is 9.78 Å². The second-order valence-corrected chi connectivity index (χ2v) is 8.05. The third-order valence-corrected chi connectivity index (χ3v) is 5.57. The van der Waals surface area contributed by atoms with Crippen LogP contribution in [0.2, 0.25) is 5.15 Å². The van der Waals surface area contributed by atoms with Crippen LogP contribution in [0.3, 0.4) is 0 Å². The Balaban J connectivity index is 1.36. The molecule has 32 heavy (non-hydrogen) atoms. The quantitative estimate of drug-likeness (QED) is 0.428. The number of amides is 2. The molecule has 0 bridgehead atoms. The number of esters is 1. The second-order valence-electron chi connectivity index (χ2n) is 7.67. The molecule has 3 aromatic rings. The largest absolute Gasteiger partial charge is 0.452 e. The predicted molar refractivity (Wildman–Crippen MR) is 122 cm³/mol. The van der Waals surface area contributed by atoms with Crippen molar-refractivity contribution >= 4 is 46.0 Å². The molecule has 1 aliphatic carbocycles. The minimum absolute atomic E-state index is 0.167. The first kappa shape index (κ1) is 21.8. The van der Waals surface area contributed by atoms with Gasteiger partial charge in [0, 0.05) is 11.4 Å². The molecule has 7 nitrogen and oxygen atoms in total. The van der Waals surface area contributed by atoms with Crippen LogP contribution in [0.4, 0.5) is 5.69 Å². The van der Waals surface area contributed by atoms with Crippen LogP contribution in [0, 0.1) is 0 Å². The first-order chi connectivity index (χ1) is 15.5. The van der Waals surface area contributed by atoms with E-state index in [-0.39, 0.29) is 11.9 Å². The van der Waals surface area contributed by atoms with Crippen molar-refractivity contribution in [3.8, 4) is 0 Å². The van der Waals surface area contributed by atoms with E-state index in [1.54, 1.807) is 54.6 Å². The summed E-state index contributed by atoms with van der Waals surface area (Å²) in [5.74, 6) is -1.40. The van der Waals surface area contributed by atoms with Gasteiger partial charge in [-0.1, -0.05) is 36.6 Å². The van der Waals surface area contributed by atoms with E-state index in [4.69, 9.17) is 16.3 Å². The van der Waals surface area contributed by atoms with Gasteiger partial charge in [0.05, 0.1) is 22.3 Å². The van der Waals surface area contributed by atoms with Gasteiger partial charge in [0.2, 0.25) is 0 Å². The van der Waals surface area contributed by atoms with Crippen LogP contribution in [-0.2, 0) is 9.53 Å². The standard InChI is InChI=1S/C24H22ClN3O4/c25-21-12-10-15-13-16(9-11-19(15)27-21)24(31)32-14-22(29)28-20-8-4-3-7-18(20)23(30)26-17-5-1-2-6-17/h3-4,7-13,17H,1-2,5-6,14H2,(H,26,30)(H,28,29). The molecule has 2 amide bonds. The van der Waals surface area contributed by atoms with Crippen molar-refractivity contribution in [3.63, 3.8) is 0 Å². The van der Waals surface area contributed by atoms with E-state index in [1.807, 2.05) is 0 Å². The van der Waals surface area contributed by atoms with Gasteiger partial charge in [-0.05, 0) is 55.3 Å². The third kappa shape index (κ3) is 5.23. The Morgan fingerprint density at radius 2 is 1.81 bits per heavy atom. The Kier molecular flexibility index (Phi) is 6.66. The van der Waals surface area contributed by atoms with Gasteiger partial charge in [0.15, 0.2) is 6.61 Å². The molecule has 1 heterocycles. The zero-order chi connectivity index (χ0) is 22.5. The number of carbonyl (C=O) groups excluding carboxylic acids is 3. The number of hydrogen-bond donors (Lipinski definition) is 2. The van der Waals surface area contributed by atoms with Gasteiger partial charge in [-0.2, -0.15) is 0 Å². The van der Waals surface area contributed by atoms with E-state index in [2.05, 4.69) is 15.6 Å². The normalized spacial score (nSPS) is 13.7. The molecule has 8 heteroatoms. The number of anilines is 1. The minimum atomic E-state index is -0.635. The van der Waals surface area contributed by atoms with E-state index < -0.39 is 18.5 Å². The lowest BCUT2D eigenvalue weighted by Crippen LogP contribution is -2.33. The fourth-order valence-electron chi connectivity index (χ4n) is 3.75. The minimum Gasteiger partial charge on any atom is -0.452 e. The van der Waals surface area contributed by atoms with Gasteiger partial charge in [-0.15, -0.1) is 0 Å². The summed E-state index contributed by atoms with van der Waals surface area (Å²) in [6.07, 6.45) is 4.15. The first-order valence-corrected chi connectivity index (χ1v) is 10.8. The van der Waals surface area contributed by atoms with Crippen LogP contribution in [0.5, 0.6) is 0 Å². The van der Waals surface area contributed by atoms with Crippen molar-refractivity contribution in [2.45, 2.75) is 31.7 Å². The Hall–Kier alpha value is -3.45. The number of ether oxygens (including phenoxy) is 1. The number of carbonyl (C=O) groups is 3. The van der Waals surface area contributed by atoms with Gasteiger partial charge in [0.25, 0.3) is 11.8 Å². The highest BCUT2D eigenvalue weighted by Gasteiger charge is 2.20. The van der Waals surface area contributed by atoms with Crippen molar-refractivity contribution in [1.29, 1.82) is 0 Å². The van der Waals surface area contributed by atoms with Gasteiger partial charge < -0.3 is 15.4 Å². The smallest absolute Gasteiger partial charge is 0.338 e. The Labute approximate surface area is 190 Å². The topological polar surface area (TPSA) is 97.4 Å². The molecule has 2 aromatic carbocycles. The van der Waals surface area contributed by atoms with Crippen molar-refractivity contribution in [2.75, 3.05) is 11.9 Å². The summed E-state index contributed by atoms with van der Waals surface area (Å²) >= 11 is 5.87. The van der Waals surface area contributed by atoms with E-state index in [0.717, 1.165) is 31.1 Å². The summed E-state index contributed by atoms with van der Waals surface area (Å²) in [6, 6.07) is 15.2. The number of nitrogens with zero attached hydrogens (tertiary/aromatic N) is 1. The second kappa shape index (κ2) is 9.78. The molecular formula is C24H22ClN3O4. The number of nitrogens with one attached hydrogen (secondary N) is 2. The fraction of sp³-hybridized carbons (Fsp3) is 0.250. The average Bonchev–Trinajstić information content (AvgIpc) is 3.30. The SMILES string of the molecule is O=C(COC(=O)c1ccc2nc(Cl)ccc2c1)Nc1ccccc1C(=O)NC1CCCC1. The number of aromatic nitrogens is 1. The molecule has 164 valence electrons. The third-order valence-electron chi connectivity index (χ3n) is 5.36. The van der Waals surface area contributed by atoms with Crippen LogP contribution in [0.25, 0.3) is 10.9 Å². The zero-order valence-electron chi connectivity index (χ0n) is 17.3. The van der Waals surface area contributed by atoms with Crippen molar-refractivity contribution in [3.05, 3.63) is 70.9 Å². The van der Waals surface area contributed by atoms with E-state index in [9.17, 15) is 14.4 Å². The monoisotopic (exact) mass is 451 g/mol. The molecular weight excluding hydrogens is 430 g/mol. The number of rotatable bonds is 6. The summed E-state index contributed by atoms with van der Waals surface area (Å²) < 4.78 is 5.14. The summed E-state index contributed by atoms with van der Waals surface area (Å²) in [4.78, 5) is 41.5. The average molecular weight is 452 g/mol. The lowest BCUT2D eigenvalue weighted by molar-refractivity contribution is -0.119. The molecule has 0 saturated heterocycles. The highest BCUT2D eigenvalue weighted by Crippen LogP contribution is 2.21. The molecule has 1 aromatic heterocycles. The highest BCUT2D eigenvalue weighted by atomic mass is 35.5. The number of pyridine rings is 1. The lowest BCUT2D eigenvalue weighted by Gasteiger charge is -2.15. The number of hydrogen-bond acceptors (Lipinski definition) is 5. The molecule has 0 spiro atoms. The van der Waals surface area contributed by atoms with Crippen LogP contribution >= 0.6 is 11.6 Å². The van der Waals surface area contributed by atoms with Crippen LogP contribution in [-0.4, -0.2) is 35.4 Å². The van der Waals surface area contributed by atoms with Crippen LogP contribution in [0.15, 0.2) is 54.6 Å². The van der Waals surface area contributed by atoms with Crippen molar-refractivity contribution in [1.82, 2.24) is 10.3 Å². The molecule has 1 fully saturated rings.